The topological polar surface area (TPSA) is 101 Å². The van der Waals surface area contributed by atoms with Crippen LogP contribution in [0, 0.1) is 0 Å². The zero-order valence-electron chi connectivity index (χ0n) is 9.93. The number of nitrogens with two attached hydrogens (primary N) is 1. The van der Waals surface area contributed by atoms with E-state index in [-0.39, 0.29) is 17.1 Å². The van der Waals surface area contributed by atoms with Crippen molar-refractivity contribution >= 4 is 27.3 Å². The highest BCUT2D eigenvalue weighted by Gasteiger charge is 2.17. The minimum atomic E-state index is -3.67. The number of nitrogen functional groups attached to an aromatic ring is 1. The lowest BCUT2D eigenvalue weighted by Crippen LogP contribution is -2.27. The van der Waals surface area contributed by atoms with Gasteiger partial charge in [0.15, 0.2) is 0 Å². The summed E-state index contributed by atoms with van der Waals surface area (Å²) in [5.74, 6) is 0.710. The lowest BCUT2D eigenvalue weighted by atomic mass is 10.3. The van der Waals surface area contributed by atoms with Gasteiger partial charge in [0, 0.05) is 30.4 Å². The van der Waals surface area contributed by atoms with E-state index >= 15 is 0 Å². The van der Waals surface area contributed by atoms with Crippen molar-refractivity contribution in [3.05, 3.63) is 41.4 Å². The van der Waals surface area contributed by atoms with Crippen molar-refractivity contribution in [2.45, 2.75) is 11.3 Å². The van der Waals surface area contributed by atoms with E-state index in [0.29, 0.717) is 17.3 Å². The third kappa shape index (κ3) is 3.46. The largest absolute Gasteiger partial charge is 0.398 e. The predicted octanol–water partition coefficient (Wildman–Crippen LogP) is 1.17. The van der Waals surface area contributed by atoms with Crippen LogP contribution >= 0.6 is 11.6 Å². The van der Waals surface area contributed by atoms with Crippen molar-refractivity contribution in [2.24, 2.45) is 0 Å². The highest BCUT2D eigenvalue weighted by Crippen LogP contribution is 2.22. The van der Waals surface area contributed by atoms with E-state index in [0.717, 1.165) is 0 Å². The number of hydrogen-bond acceptors (Lipinski definition) is 4. The Morgan fingerprint density at radius 1 is 1.42 bits per heavy atom. The second-order valence-electron chi connectivity index (χ2n) is 3.87. The maximum Gasteiger partial charge on any atom is 0.242 e. The third-order valence-corrected chi connectivity index (χ3v) is 4.23. The Morgan fingerprint density at radius 2 is 2.21 bits per heavy atom. The zero-order chi connectivity index (χ0) is 13.9. The average Bonchev–Trinajstić information content (AvgIpc) is 2.85. The molecule has 0 aliphatic heterocycles. The van der Waals surface area contributed by atoms with Crippen LogP contribution in [0.25, 0.3) is 0 Å². The molecule has 0 saturated heterocycles. The van der Waals surface area contributed by atoms with Crippen LogP contribution in [0.4, 0.5) is 5.69 Å². The van der Waals surface area contributed by atoms with Gasteiger partial charge in [-0.05, 0) is 18.2 Å². The third-order valence-electron chi connectivity index (χ3n) is 2.47. The molecule has 0 unspecified atom stereocenters. The van der Waals surface area contributed by atoms with Crippen molar-refractivity contribution in [3.63, 3.8) is 0 Å². The van der Waals surface area contributed by atoms with Crippen molar-refractivity contribution in [1.82, 2.24) is 14.7 Å². The number of aromatic amines is 1. The van der Waals surface area contributed by atoms with Crippen molar-refractivity contribution in [3.8, 4) is 0 Å². The number of imidazole rings is 1. The number of halogens is 1. The average molecular weight is 301 g/mol. The summed E-state index contributed by atoms with van der Waals surface area (Å²) in [5, 5.41) is 0.320. The van der Waals surface area contributed by atoms with E-state index in [4.69, 9.17) is 17.3 Å². The molecule has 0 amide bonds. The van der Waals surface area contributed by atoms with Gasteiger partial charge in [-0.2, -0.15) is 0 Å². The molecule has 0 saturated carbocycles. The van der Waals surface area contributed by atoms with Crippen LogP contribution < -0.4 is 10.5 Å². The lowest BCUT2D eigenvalue weighted by molar-refractivity contribution is 0.581. The molecule has 0 bridgehead atoms. The number of rotatable bonds is 5. The minimum Gasteiger partial charge on any atom is -0.398 e. The molecule has 0 atom stereocenters. The Hall–Kier alpha value is -1.57. The van der Waals surface area contributed by atoms with Gasteiger partial charge < -0.3 is 10.7 Å². The quantitative estimate of drug-likeness (QED) is 0.721. The summed E-state index contributed by atoms with van der Waals surface area (Å²) in [6, 6.07) is 4.33. The first-order valence-electron chi connectivity index (χ1n) is 5.52. The molecule has 0 aliphatic rings. The van der Waals surface area contributed by atoms with Crippen LogP contribution in [0.2, 0.25) is 5.02 Å². The second kappa shape index (κ2) is 5.60. The van der Waals surface area contributed by atoms with E-state index in [2.05, 4.69) is 14.7 Å². The molecule has 1 aromatic carbocycles. The molecular formula is C11H13ClN4O2S. The van der Waals surface area contributed by atoms with E-state index < -0.39 is 10.0 Å². The lowest BCUT2D eigenvalue weighted by Gasteiger charge is -2.08. The summed E-state index contributed by atoms with van der Waals surface area (Å²) in [6.45, 7) is 0.224. The van der Waals surface area contributed by atoms with Gasteiger partial charge in [-0.25, -0.2) is 18.1 Å². The minimum absolute atomic E-state index is 0.0144. The number of anilines is 1. The number of aromatic nitrogens is 2. The summed E-state index contributed by atoms with van der Waals surface area (Å²) in [6.07, 6.45) is 3.75. The summed E-state index contributed by atoms with van der Waals surface area (Å²) in [5.41, 5.74) is 5.81. The fourth-order valence-electron chi connectivity index (χ4n) is 1.56. The van der Waals surface area contributed by atoms with Crippen LogP contribution in [0.5, 0.6) is 0 Å². The van der Waals surface area contributed by atoms with Crippen LogP contribution in [0.3, 0.4) is 0 Å². The molecule has 0 spiro atoms. The van der Waals surface area contributed by atoms with E-state index in [1.165, 1.54) is 12.1 Å². The molecule has 8 heteroatoms. The van der Waals surface area contributed by atoms with Crippen LogP contribution in [-0.2, 0) is 16.4 Å². The van der Waals surface area contributed by atoms with Crippen LogP contribution in [-0.4, -0.2) is 24.9 Å². The summed E-state index contributed by atoms with van der Waals surface area (Å²) in [7, 11) is -3.67. The molecule has 1 heterocycles. The molecular weight excluding hydrogens is 288 g/mol. The maximum atomic E-state index is 12.1. The molecule has 0 fully saturated rings. The first-order valence-corrected chi connectivity index (χ1v) is 7.38. The van der Waals surface area contributed by atoms with Gasteiger partial charge in [-0.15, -0.1) is 0 Å². The highest BCUT2D eigenvalue weighted by atomic mass is 35.5. The predicted molar refractivity (Wildman–Crippen MR) is 73.3 cm³/mol. The standard InChI is InChI=1S/C11H13ClN4O2S/c12-8-1-2-9(13)10(7-8)19(17,18)16-4-3-11-14-5-6-15-11/h1-2,5-7,16H,3-4,13H2,(H,14,15). The number of nitrogens with zero attached hydrogens (tertiary/aromatic N) is 1. The fraction of sp³-hybridized carbons (Fsp3) is 0.182. The van der Waals surface area contributed by atoms with Gasteiger partial charge >= 0.3 is 0 Å². The van der Waals surface area contributed by atoms with E-state index in [1.54, 1.807) is 18.5 Å². The van der Waals surface area contributed by atoms with Crippen LogP contribution in [0.1, 0.15) is 5.82 Å². The molecule has 0 radical (unpaired) electrons. The molecule has 102 valence electrons. The Kier molecular flexibility index (Phi) is 4.08. The SMILES string of the molecule is Nc1ccc(Cl)cc1S(=O)(=O)NCCc1ncc[nH]1. The van der Waals surface area contributed by atoms with Gasteiger partial charge in [0.2, 0.25) is 10.0 Å². The van der Waals surface area contributed by atoms with Gasteiger partial charge in [-0.1, -0.05) is 11.6 Å². The summed E-state index contributed by atoms with van der Waals surface area (Å²) >= 11 is 5.78. The maximum absolute atomic E-state index is 12.1. The zero-order valence-corrected chi connectivity index (χ0v) is 11.5. The summed E-state index contributed by atoms with van der Waals surface area (Å²) in [4.78, 5) is 6.88. The Labute approximate surface area is 116 Å². The molecule has 19 heavy (non-hydrogen) atoms. The van der Waals surface area contributed by atoms with Gasteiger partial charge in [0.05, 0.1) is 5.69 Å². The Balaban J connectivity index is 2.07. The first-order chi connectivity index (χ1) is 8.99. The van der Waals surface area contributed by atoms with E-state index in [1.807, 2.05) is 0 Å². The highest BCUT2D eigenvalue weighted by molar-refractivity contribution is 7.89. The molecule has 1 aromatic heterocycles. The smallest absolute Gasteiger partial charge is 0.242 e. The van der Waals surface area contributed by atoms with Crippen LogP contribution in [0.15, 0.2) is 35.5 Å². The Bertz CT molecular complexity index is 655. The number of benzene rings is 1. The normalized spacial score (nSPS) is 11.6. The summed E-state index contributed by atoms with van der Waals surface area (Å²) < 4.78 is 26.6. The first kappa shape index (κ1) is 13.9. The van der Waals surface area contributed by atoms with Gasteiger partial charge in [0.1, 0.15) is 10.7 Å². The monoisotopic (exact) mass is 300 g/mol. The molecule has 6 nitrogen and oxygen atoms in total. The molecule has 2 aromatic rings. The van der Waals surface area contributed by atoms with Crippen molar-refractivity contribution in [1.29, 1.82) is 0 Å². The number of hydrogen-bond donors (Lipinski definition) is 3. The molecule has 2 rings (SSSR count). The second-order valence-corrected chi connectivity index (χ2v) is 6.04. The molecule has 0 aliphatic carbocycles. The fourth-order valence-corrected chi connectivity index (χ4v) is 2.98. The van der Waals surface area contributed by atoms with Gasteiger partial charge in [0.25, 0.3) is 0 Å². The Morgan fingerprint density at radius 3 is 2.89 bits per heavy atom. The van der Waals surface area contributed by atoms with Crippen molar-refractivity contribution < 1.29 is 8.42 Å². The number of H-pyrrole nitrogens is 1. The van der Waals surface area contributed by atoms with E-state index in [9.17, 15) is 8.42 Å². The number of sulfonamides is 1. The van der Waals surface area contributed by atoms with Crippen molar-refractivity contribution in [2.75, 3.05) is 12.3 Å². The molecule has 4 N–H and O–H groups in total. The number of nitrogens with one attached hydrogen (secondary N) is 2. The van der Waals surface area contributed by atoms with Gasteiger partial charge in [-0.3, -0.25) is 0 Å².